The minimum absolute atomic E-state index is 0.127. The number of nitriles is 1. The summed E-state index contributed by atoms with van der Waals surface area (Å²) in [6, 6.07) is 7.03. The Balaban J connectivity index is 2.32. The molecule has 2 rings (SSSR count). The van der Waals surface area contributed by atoms with Crippen LogP contribution in [0.3, 0.4) is 0 Å². The van der Waals surface area contributed by atoms with E-state index in [0.29, 0.717) is 24.2 Å². The van der Waals surface area contributed by atoms with Crippen molar-refractivity contribution >= 4 is 5.69 Å². The van der Waals surface area contributed by atoms with Gasteiger partial charge in [0.15, 0.2) is 0 Å². The Hall–Kier alpha value is -1.60. The number of nitrogens with two attached hydrogens (primary N) is 1. The molecule has 0 aliphatic heterocycles. The van der Waals surface area contributed by atoms with E-state index in [1.54, 1.807) is 12.1 Å². The summed E-state index contributed by atoms with van der Waals surface area (Å²) in [6.07, 6.45) is 3.32. The third-order valence-corrected chi connectivity index (χ3v) is 3.90. The van der Waals surface area contributed by atoms with Crippen molar-refractivity contribution in [1.29, 1.82) is 5.26 Å². The zero-order chi connectivity index (χ0) is 13.1. The van der Waals surface area contributed by atoms with E-state index in [2.05, 4.69) is 0 Å². The van der Waals surface area contributed by atoms with Crippen molar-refractivity contribution < 1.29 is 4.39 Å². The van der Waals surface area contributed by atoms with Crippen LogP contribution in [0.2, 0.25) is 0 Å². The summed E-state index contributed by atoms with van der Waals surface area (Å²) in [4.78, 5) is 2.02. The second-order valence-corrected chi connectivity index (χ2v) is 4.85. The summed E-state index contributed by atoms with van der Waals surface area (Å²) in [5.41, 5.74) is 6.57. The molecule has 0 aromatic heterocycles. The summed E-state index contributed by atoms with van der Waals surface area (Å²) >= 11 is 0. The van der Waals surface area contributed by atoms with Crippen LogP contribution < -0.4 is 10.6 Å². The van der Waals surface area contributed by atoms with Crippen LogP contribution in [-0.4, -0.2) is 19.6 Å². The van der Waals surface area contributed by atoms with Gasteiger partial charge in [-0.1, -0.05) is 12.5 Å². The van der Waals surface area contributed by atoms with Gasteiger partial charge >= 0.3 is 0 Å². The Morgan fingerprint density at radius 2 is 2.28 bits per heavy atom. The molecule has 1 aliphatic rings. The van der Waals surface area contributed by atoms with Gasteiger partial charge in [0.25, 0.3) is 0 Å². The van der Waals surface area contributed by atoms with E-state index in [0.717, 1.165) is 19.3 Å². The van der Waals surface area contributed by atoms with Gasteiger partial charge in [0.2, 0.25) is 0 Å². The first kappa shape index (κ1) is 12.8. The highest BCUT2D eigenvalue weighted by Crippen LogP contribution is 2.33. The van der Waals surface area contributed by atoms with E-state index >= 15 is 0 Å². The van der Waals surface area contributed by atoms with E-state index in [1.165, 1.54) is 6.07 Å². The maximum absolute atomic E-state index is 13.6. The molecule has 1 aromatic carbocycles. The summed E-state index contributed by atoms with van der Waals surface area (Å²) in [5.74, 6) is -0.0195. The zero-order valence-electron chi connectivity index (χ0n) is 10.6. The van der Waals surface area contributed by atoms with Crippen LogP contribution in [0.5, 0.6) is 0 Å². The van der Waals surface area contributed by atoms with Crippen molar-refractivity contribution in [1.82, 2.24) is 0 Å². The third-order valence-electron chi connectivity index (χ3n) is 3.90. The molecule has 0 saturated heterocycles. The molecule has 18 heavy (non-hydrogen) atoms. The van der Waals surface area contributed by atoms with Crippen LogP contribution in [0.4, 0.5) is 10.1 Å². The summed E-state index contributed by atoms with van der Waals surface area (Å²) in [5, 5.41) is 9.07. The molecule has 2 N–H and O–H groups in total. The standard InChI is InChI=1S/C14H18FN3/c1-18(13-6-2-4-10(13)8-16)14-7-3-5-12(15)11(14)9-17/h3,5,7,10,13H,2,4,6,8,16H2,1H3. The molecule has 3 nitrogen and oxygen atoms in total. The Kier molecular flexibility index (Phi) is 3.83. The largest absolute Gasteiger partial charge is 0.370 e. The molecule has 0 bridgehead atoms. The number of benzene rings is 1. The molecule has 2 unspecified atom stereocenters. The highest BCUT2D eigenvalue weighted by atomic mass is 19.1. The number of hydrogen-bond donors (Lipinski definition) is 1. The molecular weight excluding hydrogens is 229 g/mol. The Morgan fingerprint density at radius 1 is 1.50 bits per heavy atom. The molecule has 1 saturated carbocycles. The molecule has 96 valence electrons. The maximum Gasteiger partial charge on any atom is 0.143 e. The van der Waals surface area contributed by atoms with Gasteiger partial charge in [-0.3, -0.25) is 0 Å². The van der Waals surface area contributed by atoms with Crippen LogP contribution >= 0.6 is 0 Å². The number of rotatable bonds is 3. The average molecular weight is 247 g/mol. The van der Waals surface area contributed by atoms with Crippen LogP contribution in [0.15, 0.2) is 18.2 Å². The second kappa shape index (κ2) is 5.36. The monoisotopic (exact) mass is 247 g/mol. The lowest BCUT2D eigenvalue weighted by atomic mass is 10.0. The van der Waals surface area contributed by atoms with Crippen LogP contribution in [0.25, 0.3) is 0 Å². The normalized spacial score (nSPS) is 22.8. The van der Waals surface area contributed by atoms with Crippen molar-refractivity contribution in [3.05, 3.63) is 29.6 Å². The fourth-order valence-corrected chi connectivity index (χ4v) is 2.90. The lowest BCUT2D eigenvalue weighted by Crippen LogP contribution is -2.38. The maximum atomic E-state index is 13.6. The Morgan fingerprint density at radius 3 is 2.94 bits per heavy atom. The van der Waals surface area contributed by atoms with Crippen molar-refractivity contribution in [3.63, 3.8) is 0 Å². The van der Waals surface area contributed by atoms with Gasteiger partial charge in [0.05, 0.1) is 5.69 Å². The zero-order valence-corrected chi connectivity index (χ0v) is 10.6. The number of halogens is 1. The quantitative estimate of drug-likeness (QED) is 0.891. The first-order valence-electron chi connectivity index (χ1n) is 6.30. The number of anilines is 1. The van der Waals surface area contributed by atoms with Crippen molar-refractivity contribution in [2.24, 2.45) is 11.7 Å². The lowest BCUT2D eigenvalue weighted by Gasteiger charge is -2.31. The van der Waals surface area contributed by atoms with E-state index in [9.17, 15) is 4.39 Å². The Bertz CT molecular complexity index is 467. The topological polar surface area (TPSA) is 53.0 Å². The molecule has 0 radical (unpaired) electrons. The summed E-state index contributed by atoms with van der Waals surface area (Å²) < 4.78 is 13.6. The van der Waals surface area contributed by atoms with Gasteiger partial charge < -0.3 is 10.6 Å². The molecule has 4 heteroatoms. The smallest absolute Gasteiger partial charge is 0.143 e. The van der Waals surface area contributed by atoms with Crippen LogP contribution in [0.1, 0.15) is 24.8 Å². The van der Waals surface area contributed by atoms with E-state index in [-0.39, 0.29) is 5.56 Å². The highest BCUT2D eigenvalue weighted by molar-refractivity contribution is 5.60. The van der Waals surface area contributed by atoms with Gasteiger partial charge in [-0.15, -0.1) is 0 Å². The molecular formula is C14H18FN3. The highest BCUT2D eigenvalue weighted by Gasteiger charge is 2.30. The first-order valence-corrected chi connectivity index (χ1v) is 6.30. The van der Waals surface area contributed by atoms with Crippen molar-refractivity contribution in [3.8, 4) is 6.07 Å². The summed E-state index contributed by atoms with van der Waals surface area (Å²) in [6.45, 7) is 0.645. The van der Waals surface area contributed by atoms with Gasteiger partial charge in [-0.05, 0) is 37.4 Å². The van der Waals surface area contributed by atoms with Gasteiger partial charge in [-0.25, -0.2) is 4.39 Å². The average Bonchev–Trinajstić information content (AvgIpc) is 2.85. The predicted octanol–water partition coefficient (Wildman–Crippen LogP) is 2.26. The SMILES string of the molecule is CN(c1cccc(F)c1C#N)C1CCCC1CN. The van der Waals surface area contributed by atoms with Crippen molar-refractivity contribution in [2.45, 2.75) is 25.3 Å². The third kappa shape index (κ3) is 2.19. The van der Waals surface area contributed by atoms with E-state index in [1.807, 2.05) is 18.0 Å². The van der Waals surface area contributed by atoms with Crippen LogP contribution in [-0.2, 0) is 0 Å². The van der Waals surface area contributed by atoms with Crippen LogP contribution in [0, 0.1) is 23.1 Å². The van der Waals surface area contributed by atoms with Gasteiger partial charge in [0, 0.05) is 13.1 Å². The molecule has 0 amide bonds. The van der Waals surface area contributed by atoms with E-state index in [4.69, 9.17) is 11.0 Å². The van der Waals surface area contributed by atoms with Gasteiger partial charge in [-0.2, -0.15) is 5.26 Å². The Labute approximate surface area is 107 Å². The molecule has 1 fully saturated rings. The van der Waals surface area contributed by atoms with Crippen molar-refractivity contribution in [2.75, 3.05) is 18.5 Å². The molecule has 2 atom stereocenters. The molecule has 0 spiro atoms. The minimum Gasteiger partial charge on any atom is -0.370 e. The number of hydrogen-bond acceptors (Lipinski definition) is 3. The first-order chi connectivity index (χ1) is 8.69. The number of nitrogens with zero attached hydrogens (tertiary/aromatic N) is 2. The second-order valence-electron chi connectivity index (χ2n) is 4.85. The lowest BCUT2D eigenvalue weighted by molar-refractivity contribution is 0.473. The minimum atomic E-state index is -0.454. The molecule has 1 aliphatic carbocycles. The van der Waals surface area contributed by atoms with E-state index < -0.39 is 5.82 Å². The fraction of sp³-hybridized carbons (Fsp3) is 0.500. The molecule has 1 aromatic rings. The fourth-order valence-electron chi connectivity index (χ4n) is 2.90. The predicted molar refractivity (Wildman–Crippen MR) is 69.7 cm³/mol. The summed E-state index contributed by atoms with van der Waals surface area (Å²) in [7, 11) is 1.92. The van der Waals surface area contributed by atoms with Gasteiger partial charge in [0.1, 0.15) is 17.4 Å². The molecule has 0 heterocycles.